The summed E-state index contributed by atoms with van der Waals surface area (Å²) in [6, 6.07) is 11.6. The highest BCUT2D eigenvalue weighted by Gasteiger charge is 2.39. The Labute approximate surface area is 197 Å². The Morgan fingerprint density at radius 1 is 1.20 bits per heavy atom. The number of esters is 1. The molecular formula is C24H19F3N3O5-. The van der Waals surface area contributed by atoms with Crippen molar-refractivity contribution in [2.45, 2.75) is 19.0 Å². The predicted octanol–water partition coefficient (Wildman–Crippen LogP) is 1.91. The molecule has 182 valence electrons. The standard InChI is InChI=1S/C24H20F3N3O5/c1-13-18(23(34)35-10-9-31)19(15-7-5-14(12-28)6-8-15)20(22(32)33)21(29)30(13)17-4-2-3-16(11-17)24(25,26)27/h2-8,11,19,31H,9-10,29H2,1H3,(H,32,33)/p-1. The second-order valence-corrected chi connectivity index (χ2v) is 7.50. The Bertz CT molecular complexity index is 1260. The zero-order chi connectivity index (χ0) is 25.9. The molecule has 2 aromatic carbocycles. The molecule has 2 aromatic rings. The summed E-state index contributed by atoms with van der Waals surface area (Å²) < 4.78 is 45.0. The minimum Gasteiger partial charge on any atom is -0.545 e. The monoisotopic (exact) mass is 486 g/mol. The number of nitrogens with zero attached hydrogens (tertiary/aromatic N) is 2. The maximum absolute atomic E-state index is 13.3. The van der Waals surface area contributed by atoms with Crippen molar-refractivity contribution in [3.05, 3.63) is 87.9 Å². The quantitative estimate of drug-likeness (QED) is 0.591. The van der Waals surface area contributed by atoms with Gasteiger partial charge in [0.2, 0.25) is 0 Å². The number of carboxylic acid groups (broad SMARTS) is 1. The number of hydrogen-bond donors (Lipinski definition) is 2. The molecule has 3 rings (SSSR count). The van der Waals surface area contributed by atoms with Crippen molar-refractivity contribution < 1.29 is 37.7 Å². The summed E-state index contributed by atoms with van der Waals surface area (Å²) in [6.07, 6.45) is -4.69. The topological polar surface area (TPSA) is 140 Å². The SMILES string of the molecule is CC1=C(C(=O)OCCO)C(c2ccc(C#N)cc2)C(C(=O)[O-])=C(N)N1c1cccc(C(F)(F)F)c1. The number of carbonyl (C=O) groups is 2. The molecule has 0 spiro atoms. The fourth-order valence-corrected chi connectivity index (χ4v) is 3.86. The average molecular weight is 486 g/mol. The number of halogens is 3. The van der Waals surface area contributed by atoms with Crippen molar-refractivity contribution in [1.82, 2.24) is 0 Å². The van der Waals surface area contributed by atoms with Crippen molar-refractivity contribution >= 4 is 17.6 Å². The molecule has 0 saturated carbocycles. The lowest BCUT2D eigenvalue weighted by molar-refractivity contribution is -0.299. The second-order valence-electron chi connectivity index (χ2n) is 7.50. The van der Waals surface area contributed by atoms with E-state index in [1.807, 2.05) is 6.07 Å². The number of carbonyl (C=O) groups excluding carboxylic acids is 2. The Hall–Kier alpha value is -4.30. The summed E-state index contributed by atoms with van der Waals surface area (Å²) in [6.45, 7) is 0.465. The Kier molecular flexibility index (Phi) is 7.17. The van der Waals surface area contributed by atoms with Gasteiger partial charge in [-0.05, 0) is 42.8 Å². The molecule has 1 heterocycles. The van der Waals surface area contributed by atoms with Crippen LogP contribution < -0.4 is 15.7 Å². The molecule has 1 atom stereocenters. The number of carboxylic acids is 1. The van der Waals surface area contributed by atoms with Crippen molar-refractivity contribution in [1.29, 1.82) is 5.26 Å². The number of aliphatic carboxylic acids is 1. The molecule has 11 heteroatoms. The Morgan fingerprint density at radius 3 is 2.40 bits per heavy atom. The van der Waals surface area contributed by atoms with Gasteiger partial charge in [0.1, 0.15) is 12.4 Å². The zero-order valence-electron chi connectivity index (χ0n) is 18.3. The number of aliphatic hydroxyl groups excluding tert-OH is 1. The number of benzene rings is 2. The molecule has 0 fully saturated rings. The lowest BCUT2D eigenvalue weighted by atomic mass is 9.80. The van der Waals surface area contributed by atoms with Crippen LogP contribution in [0.4, 0.5) is 18.9 Å². The molecule has 35 heavy (non-hydrogen) atoms. The van der Waals surface area contributed by atoms with Crippen LogP contribution in [0, 0.1) is 11.3 Å². The number of rotatable bonds is 6. The summed E-state index contributed by atoms with van der Waals surface area (Å²) >= 11 is 0. The fraction of sp³-hybridized carbons (Fsp3) is 0.208. The predicted molar refractivity (Wildman–Crippen MR) is 115 cm³/mol. The normalized spacial score (nSPS) is 16.2. The Balaban J connectivity index is 2.29. The van der Waals surface area contributed by atoms with Crippen LogP contribution in [0.5, 0.6) is 0 Å². The van der Waals surface area contributed by atoms with Gasteiger partial charge >= 0.3 is 12.1 Å². The molecule has 1 aliphatic rings. The largest absolute Gasteiger partial charge is 0.545 e. The van der Waals surface area contributed by atoms with E-state index in [9.17, 15) is 27.9 Å². The summed E-state index contributed by atoms with van der Waals surface area (Å²) in [7, 11) is 0. The van der Waals surface area contributed by atoms with Crippen LogP contribution in [0.3, 0.4) is 0 Å². The smallest absolute Gasteiger partial charge is 0.416 e. The van der Waals surface area contributed by atoms with E-state index in [4.69, 9.17) is 20.8 Å². The second kappa shape index (κ2) is 9.90. The van der Waals surface area contributed by atoms with Crippen molar-refractivity contribution in [3.63, 3.8) is 0 Å². The van der Waals surface area contributed by atoms with Crippen molar-refractivity contribution in [3.8, 4) is 6.07 Å². The van der Waals surface area contributed by atoms with Gasteiger partial charge in [-0.3, -0.25) is 0 Å². The number of aliphatic hydroxyl groups is 1. The van der Waals surface area contributed by atoms with Gasteiger partial charge < -0.3 is 30.4 Å². The van der Waals surface area contributed by atoms with Crippen LogP contribution in [-0.2, 0) is 20.5 Å². The third-order valence-corrected chi connectivity index (χ3v) is 5.39. The van der Waals surface area contributed by atoms with Crippen LogP contribution in [0.25, 0.3) is 0 Å². The van der Waals surface area contributed by atoms with Crippen LogP contribution in [0.2, 0.25) is 0 Å². The van der Waals surface area contributed by atoms with Gasteiger partial charge in [-0.25, -0.2) is 4.79 Å². The number of allylic oxidation sites excluding steroid dienone is 1. The van der Waals surface area contributed by atoms with Crippen LogP contribution >= 0.6 is 0 Å². The lowest BCUT2D eigenvalue weighted by Gasteiger charge is -2.38. The highest BCUT2D eigenvalue weighted by molar-refractivity contribution is 6.00. The number of nitriles is 1. The summed E-state index contributed by atoms with van der Waals surface area (Å²) in [5.41, 5.74) is 4.77. The number of anilines is 1. The van der Waals surface area contributed by atoms with E-state index in [0.717, 1.165) is 23.1 Å². The number of hydrogen-bond acceptors (Lipinski definition) is 8. The van der Waals surface area contributed by atoms with Gasteiger partial charge in [-0.15, -0.1) is 0 Å². The first kappa shape index (κ1) is 25.3. The summed E-state index contributed by atoms with van der Waals surface area (Å²) in [4.78, 5) is 26.3. The van der Waals surface area contributed by atoms with Crippen LogP contribution in [-0.4, -0.2) is 30.3 Å². The van der Waals surface area contributed by atoms with E-state index in [1.165, 1.54) is 37.3 Å². The van der Waals surface area contributed by atoms with Crippen LogP contribution in [0.15, 0.2) is 71.2 Å². The van der Waals surface area contributed by atoms with E-state index < -0.39 is 54.2 Å². The first-order valence-corrected chi connectivity index (χ1v) is 10.2. The molecule has 1 aliphatic heterocycles. The summed E-state index contributed by atoms with van der Waals surface area (Å²) in [5, 5.41) is 30.4. The van der Waals surface area contributed by atoms with Crippen molar-refractivity contribution in [2.75, 3.05) is 18.1 Å². The molecular weight excluding hydrogens is 467 g/mol. The number of nitrogens with two attached hydrogens (primary N) is 1. The molecule has 3 N–H and O–H groups in total. The molecule has 0 radical (unpaired) electrons. The lowest BCUT2D eigenvalue weighted by Crippen LogP contribution is -2.42. The molecule has 0 amide bonds. The van der Waals surface area contributed by atoms with Gasteiger partial charge in [0.15, 0.2) is 0 Å². The molecule has 8 nitrogen and oxygen atoms in total. The van der Waals surface area contributed by atoms with Crippen molar-refractivity contribution in [2.24, 2.45) is 5.73 Å². The molecule has 0 aromatic heterocycles. The van der Waals surface area contributed by atoms with E-state index in [0.29, 0.717) is 0 Å². The molecule has 0 saturated heterocycles. The maximum Gasteiger partial charge on any atom is 0.416 e. The average Bonchev–Trinajstić information content (AvgIpc) is 2.81. The maximum atomic E-state index is 13.3. The molecule has 0 bridgehead atoms. The van der Waals surface area contributed by atoms with Gasteiger partial charge in [0, 0.05) is 22.9 Å². The first-order valence-electron chi connectivity index (χ1n) is 10.2. The van der Waals surface area contributed by atoms with Gasteiger partial charge in [-0.1, -0.05) is 18.2 Å². The summed E-state index contributed by atoms with van der Waals surface area (Å²) in [5.74, 6) is -4.53. The van der Waals surface area contributed by atoms with Gasteiger partial charge in [0.25, 0.3) is 0 Å². The third-order valence-electron chi connectivity index (χ3n) is 5.39. The highest BCUT2D eigenvalue weighted by Crippen LogP contribution is 2.43. The Morgan fingerprint density at radius 2 is 1.86 bits per heavy atom. The number of ether oxygens (including phenoxy) is 1. The van der Waals surface area contributed by atoms with E-state index in [2.05, 4.69) is 0 Å². The molecule has 1 unspecified atom stereocenters. The minimum atomic E-state index is -4.69. The van der Waals surface area contributed by atoms with Gasteiger partial charge in [0.05, 0.1) is 35.3 Å². The van der Waals surface area contributed by atoms with E-state index in [-0.39, 0.29) is 28.1 Å². The van der Waals surface area contributed by atoms with Crippen LogP contribution in [0.1, 0.15) is 29.5 Å². The number of alkyl halides is 3. The molecule has 0 aliphatic carbocycles. The van der Waals surface area contributed by atoms with E-state index >= 15 is 0 Å². The first-order chi connectivity index (χ1) is 16.5. The zero-order valence-corrected chi connectivity index (χ0v) is 18.3. The van der Waals surface area contributed by atoms with E-state index in [1.54, 1.807) is 0 Å². The third kappa shape index (κ3) is 4.97. The fourth-order valence-electron chi connectivity index (χ4n) is 3.86. The van der Waals surface area contributed by atoms with Gasteiger partial charge in [-0.2, -0.15) is 18.4 Å². The highest BCUT2D eigenvalue weighted by atomic mass is 19.4. The minimum absolute atomic E-state index is 0.0177.